The van der Waals surface area contributed by atoms with Crippen LogP contribution in [0.5, 0.6) is 5.75 Å². The highest BCUT2D eigenvalue weighted by Crippen LogP contribution is 2.28. The summed E-state index contributed by atoms with van der Waals surface area (Å²) in [4.78, 5) is 17.2. The Bertz CT molecular complexity index is 832. The lowest BCUT2D eigenvalue weighted by Crippen LogP contribution is -2.49. The number of hydrogen-bond donors (Lipinski definition) is 1. The summed E-state index contributed by atoms with van der Waals surface area (Å²) in [5.74, 6) is 0.848. The normalized spacial score (nSPS) is 17.1. The van der Waals surface area contributed by atoms with E-state index in [9.17, 15) is 4.79 Å². The average molecular weight is 457 g/mol. The van der Waals surface area contributed by atoms with Gasteiger partial charge in [0.1, 0.15) is 5.75 Å². The van der Waals surface area contributed by atoms with Crippen molar-refractivity contribution in [3.63, 3.8) is 0 Å². The molecule has 0 saturated carbocycles. The number of carbonyl (C=O) groups is 1. The minimum absolute atomic E-state index is 0. The molecule has 8 nitrogen and oxygen atoms in total. The topological polar surface area (TPSA) is 75.5 Å². The van der Waals surface area contributed by atoms with Crippen LogP contribution in [-0.2, 0) is 0 Å². The van der Waals surface area contributed by atoms with E-state index >= 15 is 0 Å². The maximum absolute atomic E-state index is 13.0. The largest absolute Gasteiger partial charge is 0.495 e. The zero-order chi connectivity index (χ0) is 19.5. The summed E-state index contributed by atoms with van der Waals surface area (Å²) in [7, 11) is 1.69. The van der Waals surface area contributed by atoms with E-state index < -0.39 is 0 Å². The summed E-state index contributed by atoms with van der Waals surface area (Å²) in [5, 5.41) is 11.9. The van der Waals surface area contributed by atoms with Crippen molar-refractivity contribution in [1.82, 2.24) is 25.2 Å². The predicted octanol–water partition coefficient (Wildman–Crippen LogP) is 2.33. The van der Waals surface area contributed by atoms with Crippen LogP contribution in [0.15, 0.2) is 24.3 Å². The van der Waals surface area contributed by atoms with Crippen molar-refractivity contribution in [3.05, 3.63) is 35.7 Å². The number of nitrogens with one attached hydrogen (secondary N) is 1. The summed E-state index contributed by atoms with van der Waals surface area (Å²) in [6, 6.07) is 8.34. The summed E-state index contributed by atoms with van der Waals surface area (Å²) in [6.07, 6.45) is 2.05. The molecule has 166 valence electrons. The molecular weight excluding hydrogens is 427 g/mol. The number of ether oxygens (including phenoxy) is 1. The van der Waals surface area contributed by atoms with Gasteiger partial charge in [-0.3, -0.25) is 4.79 Å². The van der Waals surface area contributed by atoms with Crippen LogP contribution in [0.3, 0.4) is 0 Å². The van der Waals surface area contributed by atoms with E-state index in [4.69, 9.17) is 4.74 Å². The number of carbonyl (C=O) groups excluding carboxylic acids is 1. The number of anilines is 1. The van der Waals surface area contributed by atoms with Crippen molar-refractivity contribution in [2.24, 2.45) is 0 Å². The van der Waals surface area contributed by atoms with E-state index in [2.05, 4.69) is 26.6 Å². The van der Waals surface area contributed by atoms with Crippen LogP contribution < -0.4 is 15.0 Å². The summed E-state index contributed by atoms with van der Waals surface area (Å²) < 4.78 is 7.41. The smallest absolute Gasteiger partial charge is 0.276 e. The molecule has 0 unspecified atom stereocenters. The van der Waals surface area contributed by atoms with Crippen LogP contribution in [0.2, 0.25) is 0 Å². The van der Waals surface area contributed by atoms with Crippen molar-refractivity contribution >= 4 is 36.4 Å². The summed E-state index contributed by atoms with van der Waals surface area (Å²) >= 11 is 0. The molecule has 10 heteroatoms. The molecule has 2 aliphatic heterocycles. The van der Waals surface area contributed by atoms with E-state index in [0.717, 1.165) is 56.2 Å². The number of aromatic nitrogens is 3. The highest BCUT2D eigenvalue weighted by molar-refractivity contribution is 5.93. The SMILES string of the molecule is COc1ccccc1N1CCN(C(=O)c2nnn(C3CCNCC3)c2C)CC1.Cl.Cl. The first-order valence-electron chi connectivity index (χ1n) is 9.98. The van der Waals surface area contributed by atoms with Crippen molar-refractivity contribution in [3.8, 4) is 5.75 Å². The fraction of sp³-hybridized carbons (Fsp3) is 0.550. The van der Waals surface area contributed by atoms with Gasteiger partial charge in [0.05, 0.1) is 24.5 Å². The van der Waals surface area contributed by atoms with E-state index in [1.165, 1.54) is 0 Å². The first kappa shape index (κ1) is 24.2. The van der Waals surface area contributed by atoms with Gasteiger partial charge in [-0.1, -0.05) is 17.3 Å². The lowest BCUT2D eigenvalue weighted by atomic mass is 10.1. The molecule has 0 aliphatic carbocycles. The van der Waals surface area contributed by atoms with Gasteiger partial charge in [0, 0.05) is 26.2 Å². The van der Waals surface area contributed by atoms with Gasteiger partial charge < -0.3 is 19.9 Å². The second-order valence-electron chi connectivity index (χ2n) is 7.40. The van der Waals surface area contributed by atoms with E-state index in [0.29, 0.717) is 24.8 Å². The summed E-state index contributed by atoms with van der Waals surface area (Å²) in [5.41, 5.74) is 2.44. The lowest BCUT2D eigenvalue weighted by molar-refractivity contribution is 0.0740. The van der Waals surface area contributed by atoms with Gasteiger partial charge in [-0.25, -0.2) is 4.68 Å². The van der Waals surface area contributed by atoms with Crippen LogP contribution in [0, 0.1) is 6.92 Å². The number of piperazine rings is 1. The maximum Gasteiger partial charge on any atom is 0.276 e. The first-order valence-corrected chi connectivity index (χ1v) is 9.98. The van der Waals surface area contributed by atoms with Crippen LogP contribution in [-0.4, -0.2) is 72.2 Å². The lowest BCUT2D eigenvalue weighted by Gasteiger charge is -2.36. The number of hydrogen-bond acceptors (Lipinski definition) is 6. The molecule has 0 bridgehead atoms. The van der Waals surface area contributed by atoms with Crippen LogP contribution >= 0.6 is 24.8 Å². The number of methoxy groups -OCH3 is 1. The first-order chi connectivity index (χ1) is 13.7. The summed E-state index contributed by atoms with van der Waals surface area (Å²) in [6.45, 7) is 6.80. The molecule has 3 heterocycles. The Morgan fingerprint density at radius 3 is 2.43 bits per heavy atom. The molecule has 1 aromatic heterocycles. The van der Waals surface area contributed by atoms with Gasteiger partial charge in [0.25, 0.3) is 5.91 Å². The van der Waals surface area contributed by atoms with Crippen molar-refractivity contribution < 1.29 is 9.53 Å². The molecule has 0 radical (unpaired) electrons. The Kier molecular flexibility index (Phi) is 8.76. The minimum Gasteiger partial charge on any atom is -0.495 e. The van der Waals surface area contributed by atoms with Crippen LogP contribution in [0.4, 0.5) is 5.69 Å². The van der Waals surface area contributed by atoms with Gasteiger partial charge in [-0.05, 0) is 45.0 Å². The molecule has 2 fully saturated rings. The predicted molar refractivity (Wildman–Crippen MR) is 122 cm³/mol. The molecule has 2 aliphatic rings. The van der Waals surface area contributed by atoms with Crippen LogP contribution in [0.1, 0.15) is 35.1 Å². The highest BCUT2D eigenvalue weighted by atomic mass is 35.5. The van der Waals surface area contributed by atoms with Gasteiger partial charge in [0.15, 0.2) is 5.69 Å². The maximum atomic E-state index is 13.0. The zero-order valence-electron chi connectivity index (χ0n) is 17.4. The molecule has 2 aromatic rings. The Morgan fingerprint density at radius 1 is 1.10 bits per heavy atom. The Labute approximate surface area is 189 Å². The fourth-order valence-corrected chi connectivity index (χ4v) is 4.13. The third-order valence-corrected chi connectivity index (χ3v) is 5.78. The third-order valence-electron chi connectivity index (χ3n) is 5.78. The number of para-hydroxylation sites is 2. The number of halogens is 2. The Morgan fingerprint density at radius 2 is 1.77 bits per heavy atom. The van der Waals surface area contributed by atoms with Gasteiger partial charge in [0.2, 0.25) is 0 Å². The van der Waals surface area contributed by atoms with Gasteiger partial charge >= 0.3 is 0 Å². The number of benzene rings is 1. The van der Waals surface area contributed by atoms with Crippen molar-refractivity contribution in [1.29, 1.82) is 0 Å². The molecule has 0 spiro atoms. The number of piperidine rings is 1. The van der Waals surface area contributed by atoms with Gasteiger partial charge in [-0.15, -0.1) is 29.9 Å². The van der Waals surface area contributed by atoms with Crippen molar-refractivity contribution in [2.75, 3.05) is 51.3 Å². The molecule has 1 aromatic carbocycles. The average Bonchev–Trinajstić information content (AvgIpc) is 3.15. The molecule has 1 N–H and O–H groups in total. The fourth-order valence-electron chi connectivity index (χ4n) is 4.13. The molecule has 0 atom stereocenters. The van der Waals surface area contributed by atoms with Crippen molar-refractivity contribution in [2.45, 2.75) is 25.8 Å². The second-order valence-corrected chi connectivity index (χ2v) is 7.40. The second kappa shape index (κ2) is 10.8. The Hall–Kier alpha value is -2.03. The molecular formula is C20H30Cl2N6O2. The van der Waals surface area contributed by atoms with Crippen LogP contribution in [0.25, 0.3) is 0 Å². The van der Waals surface area contributed by atoms with Gasteiger partial charge in [-0.2, -0.15) is 0 Å². The molecule has 1 amide bonds. The zero-order valence-corrected chi connectivity index (χ0v) is 19.0. The number of amides is 1. The Balaban J connectivity index is 0.00000160. The molecule has 30 heavy (non-hydrogen) atoms. The molecule has 2 saturated heterocycles. The van der Waals surface area contributed by atoms with E-state index in [-0.39, 0.29) is 30.7 Å². The number of rotatable bonds is 4. The van der Waals surface area contributed by atoms with E-state index in [1.54, 1.807) is 7.11 Å². The minimum atomic E-state index is -0.0163. The molecule has 4 rings (SSSR count). The third kappa shape index (κ3) is 4.82. The number of nitrogens with zero attached hydrogens (tertiary/aromatic N) is 5. The monoisotopic (exact) mass is 456 g/mol. The standard InChI is InChI=1S/C20H28N6O2.2ClH/c1-15-19(22-23-26(15)16-7-9-21-10-8-16)20(27)25-13-11-24(12-14-25)17-5-3-4-6-18(17)28-2;;/h3-6,16,21H,7-14H2,1-2H3;2*1H. The van der Waals surface area contributed by atoms with E-state index in [1.807, 2.05) is 34.7 Å². The quantitative estimate of drug-likeness (QED) is 0.760. The highest BCUT2D eigenvalue weighted by Gasteiger charge is 2.28.